The Hall–Kier alpha value is -1.39. The predicted molar refractivity (Wildman–Crippen MR) is 76.1 cm³/mol. The lowest BCUT2D eigenvalue weighted by molar-refractivity contribution is 0.298. The van der Waals surface area contributed by atoms with E-state index >= 15 is 0 Å². The average molecular weight is 259 g/mol. The quantitative estimate of drug-likeness (QED) is 0.888. The molecule has 1 saturated heterocycles. The Morgan fingerprint density at radius 3 is 3.11 bits per heavy atom. The van der Waals surface area contributed by atoms with Gasteiger partial charge in [0.25, 0.3) is 0 Å². The fraction of sp³-hybridized carbons (Fsp3) is 0.533. The molecule has 0 spiro atoms. The van der Waals surface area contributed by atoms with E-state index in [9.17, 15) is 0 Å². The first-order valence-electron chi connectivity index (χ1n) is 7.03. The van der Waals surface area contributed by atoms with Gasteiger partial charge in [0.2, 0.25) is 0 Å². The van der Waals surface area contributed by atoms with Crippen molar-refractivity contribution in [1.82, 2.24) is 15.6 Å². The molecule has 0 bridgehead atoms. The Balaban J connectivity index is 1.91. The van der Waals surface area contributed by atoms with Crippen LogP contribution in [0.4, 0.5) is 0 Å². The summed E-state index contributed by atoms with van der Waals surface area (Å²) in [6, 6.07) is 6.73. The molecule has 1 fully saturated rings. The van der Waals surface area contributed by atoms with E-state index in [1.165, 1.54) is 18.4 Å². The summed E-state index contributed by atoms with van der Waals surface area (Å²) < 4.78 is 5.64. The van der Waals surface area contributed by atoms with E-state index in [0.717, 1.165) is 30.1 Å². The molecule has 4 nitrogen and oxygen atoms in total. The minimum absolute atomic E-state index is 0.377. The Labute approximate surface area is 113 Å². The summed E-state index contributed by atoms with van der Waals surface area (Å²) >= 11 is 0. The number of benzene rings is 1. The molecule has 0 amide bonds. The zero-order valence-electron chi connectivity index (χ0n) is 11.6. The van der Waals surface area contributed by atoms with Gasteiger partial charge in [-0.1, -0.05) is 6.07 Å². The van der Waals surface area contributed by atoms with Gasteiger partial charge >= 0.3 is 0 Å². The summed E-state index contributed by atoms with van der Waals surface area (Å²) in [5, 5.41) is 6.94. The summed E-state index contributed by atoms with van der Waals surface area (Å²) in [4.78, 5) is 4.35. The van der Waals surface area contributed by atoms with Crippen molar-refractivity contribution >= 4 is 11.1 Å². The number of rotatable bonds is 3. The number of hydrogen-bond acceptors (Lipinski definition) is 4. The van der Waals surface area contributed by atoms with Crippen LogP contribution in [0, 0.1) is 12.8 Å². The van der Waals surface area contributed by atoms with Crippen LogP contribution in [0.3, 0.4) is 0 Å². The molecule has 0 aliphatic carbocycles. The molecule has 1 aliphatic heterocycles. The lowest BCUT2D eigenvalue weighted by atomic mass is 9.87. The molecule has 3 rings (SSSR count). The van der Waals surface area contributed by atoms with Crippen molar-refractivity contribution < 1.29 is 4.42 Å². The van der Waals surface area contributed by atoms with Gasteiger partial charge in [-0.25, -0.2) is 4.98 Å². The monoisotopic (exact) mass is 259 g/mol. The Kier molecular flexibility index (Phi) is 3.53. The standard InChI is InChI=1S/C15H21N3O/c1-10-18-13-6-5-11(8-14(13)19-10)15(16-2)12-4-3-7-17-9-12/h5-6,8,12,15-17H,3-4,7,9H2,1-2H3. The molecule has 2 N–H and O–H groups in total. The van der Waals surface area contributed by atoms with E-state index in [1.54, 1.807) is 0 Å². The Bertz CT molecular complexity index is 558. The molecule has 2 aromatic rings. The van der Waals surface area contributed by atoms with Gasteiger partial charge in [-0.2, -0.15) is 0 Å². The number of nitrogens with zero attached hydrogens (tertiary/aromatic N) is 1. The zero-order chi connectivity index (χ0) is 13.2. The molecule has 1 aromatic heterocycles. The minimum Gasteiger partial charge on any atom is -0.441 e. The van der Waals surface area contributed by atoms with Gasteiger partial charge in [0.1, 0.15) is 5.52 Å². The average Bonchev–Trinajstić information content (AvgIpc) is 2.80. The zero-order valence-corrected chi connectivity index (χ0v) is 11.6. The Morgan fingerprint density at radius 2 is 2.37 bits per heavy atom. The predicted octanol–water partition coefficient (Wildman–Crippen LogP) is 2.40. The van der Waals surface area contributed by atoms with Gasteiger partial charge < -0.3 is 15.1 Å². The molecule has 102 valence electrons. The molecule has 19 heavy (non-hydrogen) atoms. The van der Waals surface area contributed by atoms with E-state index in [2.05, 4.69) is 33.8 Å². The van der Waals surface area contributed by atoms with Crippen molar-refractivity contribution in [2.75, 3.05) is 20.1 Å². The molecule has 1 aromatic carbocycles. The molecule has 0 radical (unpaired) electrons. The summed E-state index contributed by atoms with van der Waals surface area (Å²) in [7, 11) is 2.04. The van der Waals surface area contributed by atoms with Gasteiger partial charge in [0, 0.05) is 13.0 Å². The topological polar surface area (TPSA) is 50.1 Å². The highest BCUT2D eigenvalue weighted by Crippen LogP contribution is 2.29. The second kappa shape index (κ2) is 5.31. The fourth-order valence-corrected chi connectivity index (χ4v) is 3.09. The summed E-state index contributed by atoms with van der Waals surface area (Å²) in [6.45, 7) is 4.12. The maximum absolute atomic E-state index is 5.64. The number of nitrogens with one attached hydrogen (secondary N) is 2. The maximum atomic E-state index is 5.64. The van der Waals surface area contributed by atoms with Crippen LogP contribution in [0.15, 0.2) is 22.6 Å². The molecule has 2 heterocycles. The van der Waals surface area contributed by atoms with Crippen molar-refractivity contribution in [3.8, 4) is 0 Å². The third-order valence-electron chi connectivity index (χ3n) is 4.00. The van der Waals surface area contributed by atoms with Crippen LogP contribution in [0.2, 0.25) is 0 Å². The highest BCUT2D eigenvalue weighted by atomic mass is 16.3. The highest BCUT2D eigenvalue weighted by molar-refractivity contribution is 5.73. The van der Waals surface area contributed by atoms with E-state index in [4.69, 9.17) is 4.42 Å². The van der Waals surface area contributed by atoms with Gasteiger partial charge in [-0.3, -0.25) is 0 Å². The summed E-state index contributed by atoms with van der Waals surface area (Å²) in [6.07, 6.45) is 2.53. The highest BCUT2D eigenvalue weighted by Gasteiger charge is 2.24. The fourth-order valence-electron chi connectivity index (χ4n) is 3.09. The summed E-state index contributed by atoms with van der Waals surface area (Å²) in [5.41, 5.74) is 3.12. The van der Waals surface area contributed by atoms with Gasteiger partial charge in [-0.05, 0) is 56.6 Å². The first-order valence-corrected chi connectivity index (χ1v) is 7.03. The van der Waals surface area contributed by atoms with Crippen molar-refractivity contribution in [2.24, 2.45) is 5.92 Å². The lowest BCUT2D eigenvalue weighted by Gasteiger charge is -2.30. The SMILES string of the molecule is CNC(c1ccc2nc(C)oc2c1)C1CCCNC1. The van der Waals surface area contributed by atoms with Crippen LogP contribution < -0.4 is 10.6 Å². The maximum Gasteiger partial charge on any atom is 0.192 e. The number of aromatic nitrogens is 1. The van der Waals surface area contributed by atoms with Crippen molar-refractivity contribution in [3.63, 3.8) is 0 Å². The Morgan fingerprint density at radius 1 is 1.47 bits per heavy atom. The first-order chi connectivity index (χ1) is 9.28. The molecule has 0 saturated carbocycles. The third-order valence-corrected chi connectivity index (χ3v) is 4.00. The normalized spacial score (nSPS) is 21.7. The van der Waals surface area contributed by atoms with Crippen molar-refractivity contribution in [2.45, 2.75) is 25.8 Å². The van der Waals surface area contributed by atoms with Crippen molar-refractivity contribution in [1.29, 1.82) is 0 Å². The van der Waals surface area contributed by atoms with E-state index in [1.807, 2.05) is 14.0 Å². The molecular weight excluding hydrogens is 238 g/mol. The second-order valence-electron chi connectivity index (χ2n) is 5.33. The largest absolute Gasteiger partial charge is 0.441 e. The second-order valence-corrected chi connectivity index (χ2v) is 5.33. The smallest absolute Gasteiger partial charge is 0.192 e. The lowest BCUT2D eigenvalue weighted by Crippen LogP contribution is -2.37. The van der Waals surface area contributed by atoms with Gasteiger partial charge in [0.05, 0.1) is 0 Å². The molecule has 4 heteroatoms. The molecule has 2 atom stereocenters. The van der Waals surface area contributed by atoms with Crippen LogP contribution in [0.5, 0.6) is 0 Å². The number of fused-ring (bicyclic) bond motifs is 1. The first kappa shape index (κ1) is 12.6. The number of oxazole rings is 1. The van der Waals surface area contributed by atoms with E-state index in [-0.39, 0.29) is 0 Å². The molecule has 2 unspecified atom stereocenters. The number of aryl methyl sites for hydroxylation is 1. The van der Waals surface area contributed by atoms with Crippen molar-refractivity contribution in [3.05, 3.63) is 29.7 Å². The number of hydrogen-bond donors (Lipinski definition) is 2. The third kappa shape index (κ3) is 2.51. The van der Waals surface area contributed by atoms with Crippen LogP contribution in [-0.2, 0) is 0 Å². The van der Waals surface area contributed by atoms with Gasteiger partial charge in [0.15, 0.2) is 11.5 Å². The van der Waals surface area contributed by atoms with Crippen LogP contribution >= 0.6 is 0 Å². The molecular formula is C15H21N3O. The molecule has 1 aliphatic rings. The van der Waals surface area contributed by atoms with Crippen LogP contribution in [0.1, 0.15) is 30.3 Å². The summed E-state index contributed by atoms with van der Waals surface area (Å²) in [5.74, 6) is 1.37. The van der Waals surface area contributed by atoms with E-state index < -0.39 is 0 Å². The van der Waals surface area contributed by atoms with E-state index in [0.29, 0.717) is 12.0 Å². The van der Waals surface area contributed by atoms with Crippen LogP contribution in [-0.4, -0.2) is 25.1 Å². The van der Waals surface area contributed by atoms with Gasteiger partial charge in [-0.15, -0.1) is 0 Å². The van der Waals surface area contributed by atoms with Crippen LogP contribution in [0.25, 0.3) is 11.1 Å². The number of piperidine rings is 1. The minimum atomic E-state index is 0.377.